The maximum absolute atomic E-state index is 11.0. The second kappa shape index (κ2) is 3.21. The number of carbonyl (C=O) groups is 1. The van der Waals surface area contributed by atoms with E-state index in [-0.39, 0.29) is 11.5 Å². The summed E-state index contributed by atoms with van der Waals surface area (Å²) in [7, 11) is 0. The predicted molar refractivity (Wildman–Crippen MR) is 60.1 cm³/mol. The van der Waals surface area contributed by atoms with Gasteiger partial charge in [-0.25, -0.2) is 4.79 Å². The van der Waals surface area contributed by atoms with Crippen molar-refractivity contribution in [3.8, 4) is 5.75 Å². The second-order valence-corrected chi connectivity index (χ2v) is 3.63. The third kappa shape index (κ3) is 1.25. The van der Waals surface area contributed by atoms with Gasteiger partial charge in [0.2, 0.25) is 5.76 Å². The quantitative estimate of drug-likeness (QED) is 0.669. The molecule has 0 radical (unpaired) electrons. The highest BCUT2D eigenvalue weighted by atomic mass is 16.4. The van der Waals surface area contributed by atoms with E-state index in [1.54, 1.807) is 12.1 Å². The van der Waals surface area contributed by atoms with Crippen molar-refractivity contribution in [1.29, 1.82) is 0 Å². The molecule has 0 unspecified atom stereocenters. The molecular weight excluding hydrogens is 222 g/mol. The van der Waals surface area contributed by atoms with Crippen LogP contribution in [0.15, 0.2) is 35.1 Å². The number of furan rings is 1. The van der Waals surface area contributed by atoms with Crippen LogP contribution in [0.2, 0.25) is 0 Å². The van der Waals surface area contributed by atoms with E-state index < -0.39 is 5.97 Å². The molecule has 0 spiro atoms. The molecule has 17 heavy (non-hydrogen) atoms. The molecule has 1 aromatic carbocycles. The van der Waals surface area contributed by atoms with Crippen LogP contribution in [0.25, 0.3) is 21.7 Å². The fraction of sp³-hybridized carbons (Fsp3) is 0. The lowest BCUT2D eigenvalue weighted by Gasteiger charge is -2.01. The number of rotatable bonds is 1. The van der Waals surface area contributed by atoms with Crippen molar-refractivity contribution in [3.63, 3.8) is 0 Å². The van der Waals surface area contributed by atoms with Gasteiger partial charge in [-0.3, -0.25) is 4.98 Å². The second-order valence-electron chi connectivity index (χ2n) is 3.63. The Morgan fingerprint density at radius 1 is 1.29 bits per heavy atom. The third-order valence-corrected chi connectivity index (χ3v) is 2.63. The van der Waals surface area contributed by atoms with Gasteiger partial charge >= 0.3 is 5.97 Å². The zero-order valence-electron chi connectivity index (χ0n) is 8.54. The number of phenolic OH excluding ortho intramolecular Hbond substituents is 1. The summed E-state index contributed by atoms with van der Waals surface area (Å²) in [4.78, 5) is 15.2. The minimum absolute atomic E-state index is 0.00972. The molecule has 3 aromatic rings. The average molecular weight is 229 g/mol. The third-order valence-electron chi connectivity index (χ3n) is 2.63. The first-order chi connectivity index (χ1) is 8.18. The van der Waals surface area contributed by atoms with Crippen LogP contribution < -0.4 is 0 Å². The molecule has 0 aliphatic carbocycles. The molecule has 3 rings (SSSR count). The number of phenols is 1. The van der Waals surface area contributed by atoms with Crippen molar-refractivity contribution in [2.75, 3.05) is 0 Å². The van der Waals surface area contributed by atoms with Crippen molar-refractivity contribution in [2.24, 2.45) is 0 Å². The minimum Gasteiger partial charge on any atom is -0.507 e. The summed E-state index contributed by atoms with van der Waals surface area (Å²) in [6.45, 7) is 0. The molecular formula is C12H7NO4. The summed E-state index contributed by atoms with van der Waals surface area (Å²) in [5.74, 6) is -1.37. The molecule has 5 nitrogen and oxygen atoms in total. The zero-order chi connectivity index (χ0) is 12.0. The van der Waals surface area contributed by atoms with E-state index in [0.717, 1.165) is 0 Å². The van der Waals surface area contributed by atoms with Crippen molar-refractivity contribution in [3.05, 3.63) is 36.4 Å². The lowest BCUT2D eigenvalue weighted by molar-refractivity contribution is 0.0665. The lowest BCUT2D eigenvalue weighted by atomic mass is 10.1. The first-order valence-corrected chi connectivity index (χ1v) is 4.89. The van der Waals surface area contributed by atoms with E-state index >= 15 is 0 Å². The Morgan fingerprint density at radius 3 is 2.88 bits per heavy atom. The highest BCUT2D eigenvalue weighted by molar-refractivity contribution is 6.15. The number of nitrogens with zero attached hydrogens (tertiary/aromatic N) is 1. The van der Waals surface area contributed by atoms with Crippen LogP contribution in [0.4, 0.5) is 0 Å². The van der Waals surface area contributed by atoms with Gasteiger partial charge in [0.15, 0.2) is 0 Å². The van der Waals surface area contributed by atoms with Crippen molar-refractivity contribution in [1.82, 2.24) is 4.98 Å². The molecule has 2 heterocycles. The number of aromatic nitrogens is 1. The zero-order valence-corrected chi connectivity index (χ0v) is 8.54. The van der Waals surface area contributed by atoms with Gasteiger partial charge in [0, 0.05) is 17.0 Å². The van der Waals surface area contributed by atoms with E-state index in [0.29, 0.717) is 21.7 Å². The molecule has 0 atom stereocenters. The van der Waals surface area contributed by atoms with Crippen LogP contribution in [0.1, 0.15) is 10.6 Å². The van der Waals surface area contributed by atoms with Crippen LogP contribution >= 0.6 is 0 Å². The normalized spacial score (nSPS) is 11.1. The molecule has 0 aliphatic heterocycles. The van der Waals surface area contributed by atoms with E-state index in [9.17, 15) is 9.90 Å². The first-order valence-electron chi connectivity index (χ1n) is 4.89. The number of hydrogen-bond acceptors (Lipinski definition) is 4. The molecule has 0 aliphatic rings. The van der Waals surface area contributed by atoms with Crippen molar-refractivity contribution < 1.29 is 19.4 Å². The standard InChI is InChI=1S/C12H7NO4/c14-8-3-1-2-7-10(8)9-6(4-13-7)5-17-11(9)12(15)16/h1-5,14H,(H,15,16). The number of fused-ring (bicyclic) bond motifs is 3. The summed E-state index contributed by atoms with van der Waals surface area (Å²) in [5, 5.41) is 20.2. The SMILES string of the molecule is O=C(O)c1occ2cnc3cccc(O)c3c12. The van der Waals surface area contributed by atoms with E-state index in [1.807, 2.05) is 0 Å². The van der Waals surface area contributed by atoms with E-state index in [1.165, 1.54) is 18.5 Å². The van der Waals surface area contributed by atoms with Crippen molar-refractivity contribution >= 4 is 27.6 Å². The first kappa shape index (κ1) is 9.65. The number of benzene rings is 1. The van der Waals surface area contributed by atoms with Gasteiger partial charge in [-0.2, -0.15) is 0 Å². The van der Waals surface area contributed by atoms with Crippen LogP contribution in [0, 0.1) is 0 Å². The van der Waals surface area contributed by atoms with Gasteiger partial charge in [-0.15, -0.1) is 0 Å². The average Bonchev–Trinajstić information content (AvgIpc) is 2.72. The highest BCUT2D eigenvalue weighted by Gasteiger charge is 2.18. The van der Waals surface area contributed by atoms with Crippen LogP contribution in [0.3, 0.4) is 0 Å². The Kier molecular flexibility index (Phi) is 1.82. The van der Waals surface area contributed by atoms with Crippen molar-refractivity contribution in [2.45, 2.75) is 0 Å². The van der Waals surface area contributed by atoms with Gasteiger partial charge in [-0.1, -0.05) is 6.07 Å². The Morgan fingerprint density at radius 2 is 2.12 bits per heavy atom. The maximum Gasteiger partial charge on any atom is 0.372 e. The summed E-state index contributed by atoms with van der Waals surface area (Å²) >= 11 is 0. The molecule has 0 saturated heterocycles. The molecule has 0 bridgehead atoms. The summed E-state index contributed by atoms with van der Waals surface area (Å²) < 4.78 is 4.99. The fourth-order valence-electron chi connectivity index (χ4n) is 1.91. The van der Waals surface area contributed by atoms with Gasteiger partial charge in [0.1, 0.15) is 12.0 Å². The Labute approximate surface area is 94.9 Å². The van der Waals surface area contributed by atoms with E-state index in [4.69, 9.17) is 9.52 Å². The van der Waals surface area contributed by atoms with Crippen LogP contribution in [-0.4, -0.2) is 21.2 Å². The van der Waals surface area contributed by atoms with Gasteiger partial charge in [-0.05, 0) is 12.1 Å². The summed E-state index contributed by atoms with van der Waals surface area (Å²) in [5.41, 5.74) is 0.529. The topological polar surface area (TPSA) is 83.6 Å². The van der Waals surface area contributed by atoms with E-state index in [2.05, 4.69) is 4.98 Å². The smallest absolute Gasteiger partial charge is 0.372 e. The number of carboxylic acid groups (broad SMARTS) is 1. The number of hydrogen-bond donors (Lipinski definition) is 2. The fourth-order valence-corrected chi connectivity index (χ4v) is 1.91. The van der Waals surface area contributed by atoms with Gasteiger partial charge in [0.05, 0.1) is 10.9 Å². The minimum atomic E-state index is -1.17. The number of aromatic carboxylic acids is 1. The highest BCUT2D eigenvalue weighted by Crippen LogP contribution is 2.33. The summed E-state index contributed by atoms with van der Waals surface area (Å²) in [6, 6.07) is 4.84. The molecule has 0 fully saturated rings. The Balaban J connectivity index is 2.61. The molecule has 2 N–H and O–H groups in total. The molecule has 5 heteroatoms. The van der Waals surface area contributed by atoms with Gasteiger partial charge in [0.25, 0.3) is 0 Å². The van der Waals surface area contributed by atoms with Crippen LogP contribution in [0.5, 0.6) is 5.75 Å². The number of carboxylic acids is 1. The summed E-state index contributed by atoms with van der Waals surface area (Å²) in [6.07, 6.45) is 2.84. The van der Waals surface area contributed by atoms with Gasteiger partial charge < -0.3 is 14.6 Å². The Bertz CT molecular complexity index is 745. The lowest BCUT2D eigenvalue weighted by Crippen LogP contribution is -1.94. The molecule has 0 saturated carbocycles. The predicted octanol–water partition coefficient (Wildman–Crippen LogP) is 2.38. The Hall–Kier alpha value is -2.56. The molecule has 0 amide bonds. The monoisotopic (exact) mass is 229 g/mol. The molecule has 2 aromatic heterocycles. The molecule has 84 valence electrons. The number of aromatic hydroxyl groups is 1. The number of pyridine rings is 1. The largest absolute Gasteiger partial charge is 0.507 e. The van der Waals surface area contributed by atoms with Crippen LogP contribution in [-0.2, 0) is 0 Å². The maximum atomic E-state index is 11.0.